The molecule has 0 aliphatic carbocycles. The second-order valence-corrected chi connectivity index (χ2v) is 4.80. The first-order valence-corrected chi connectivity index (χ1v) is 5.83. The van der Waals surface area contributed by atoms with E-state index in [-0.39, 0.29) is 5.56 Å². The first-order valence-electron chi connectivity index (χ1n) is 5.92. The van der Waals surface area contributed by atoms with Gasteiger partial charge in [-0.25, -0.2) is 0 Å². The molecule has 0 N–H and O–H groups in total. The molecule has 0 atom stereocenters. The number of hydrogen-bond donors (Lipinski definition) is 0. The summed E-state index contributed by atoms with van der Waals surface area (Å²) in [6.07, 6.45) is 0.959. The predicted octanol–water partition coefficient (Wildman–Crippen LogP) is 1.76. The van der Waals surface area contributed by atoms with Crippen molar-refractivity contribution in [1.82, 2.24) is 4.98 Å². The van der Waals surface area contributed by atoms with E-state index in [9.17, 15) is 21.6 Å². The quantitative estimate of drug-likeness (QED) is 0.624. The van der Waals surface area contributed by atoms with Crippen LogP contribution in [0.25, 0.3) is 0 Å². The molecule has 1 rings (SSSR count). The molecule has 0 saturated heterocycles. The van der Waals surface area contributed by atoms with E-state index in [1.54, 1.807) is 0 Å². The highest BCUT2D eigenvalue weighted by atomic mass is 32.2. The molecule has 1 heterocycles. The van der Waals surface area contributed by atoms with E-state index in [2.05, 4.69) is 13.9 Å². The smallest absolute Gasteiger partial charge is 0.495 e. The maximum Gasteiger partial charge on any atom is 0.523 e. The number of ether oxygens (including phenoxy) is 1. The minimum Gasteiger partial charge on any atom is -0.495 e. The summed E-state index contributed by atoms with van der Waals surface area (Å²) in [5, 5.41) is 0. The van der Waals surface area contributed by atoms with E-state index in [4.69, 9.17) is 4.11 Å². The van der Waals surface area contributed by atoms with E-state index in [1.807, 2.05) is 0 Å². The van der Waals surface area contributed by atoms with Crippen molar-refractivity contribution in [2.24, 2.45) is 0 Å². The zero-order valence-electron chi connectivity index (χ0n) is 12.0. The molecule has 9 heteroatoms. The third-order valence-electron chi connectivity index (χ3n) is 1.85. The Hall–Kier alpha value is -1.35. The van der Waals surface area contributed by atoms with Gasteiger partial charge in [-0.2, -0.15) is 21.6 Å². The first-order chi connectivity index (χ1) is 9.32. The van der Waals surface area contributed by atoms with Crippen LogP contribution in [0.4, 0.5) is 13.2 Å². The molecule has 1 aromatic rings. The van der Waals surface area contributed by atoms with E-state index >= 15 is 0 Å². The van der Waals surface area contributed by atoms with Gasteiger partial charge in [0.2, 0.25) is 0 Å². The highest BCUT2D eigenvalue weighted by Crippen LogP contribution is 2.27. The van der Waals surface area contributed by atoms with Gasteiger partial charge in [-0.15, -0.1) is 0 Å². The van der Waals surface area contributed by atoms with E-state index < -0.39 is 35.0 Å². The van der Waals surface area contributed by atoms with Gasteiger partial charge in [-0.05, 0) is 13.0 Å². The number of nitrogens with zero attached hydrogens (tertiary/aromatic N) is 1. The monoisotopic (exact) mass is 288 g/mol. The van der Waals surface area contributed by atoms with E-state index in [1.165, 1.54) is 6.92 Å². The molecule has 0 unspecified atom stereocenters. The molecule has 0 saturated carbocycles. The molecule has 5 nitrogen and oxygen atoms in total. The number of aromatic nitrogens is 1. The van der Waals surface area contributed by atoms with Gasteiger partial charge >= 0.3 is 15.6 Å². The SMILES string of the molecule is [2H]C([2H])([2H])Oc1cnc(C)cc1COS(=O)(=O)C(F)(F)F. The van der Waals surface area contributed by atoms with Gasteiger partial charge in [0.25, 0.3) is 0 Å². The summed E-state index contributed by atoms with van der Waals surface area (Å²) in [5.41, 5.74) is -5.44. The van der Waals surface area contributed by atoms with Crippen LogP contribution < -0.4 is 4.74 Å². The summed E-state index contributed by atoms with van der Waals surface area (Å²) >= 11 is 0. The maximum atomic E-state index is 12.1. The molecular weight excluding hydrogens is 275 g/mol. The average Bonchev–Trinajstić information content (AvgIpc) is 2.26. The summed E-state index contributed by atoms with van der Waals surface area (Å²) in [7, 11) is -8.65. The Kier molecular flexibility index (Phi) is 3.00. The van der Waals surface area contributed by atoms with Crippen LogP contribution in [0.5, 0.6) is 5.75 Å². The summed E-state index contributed by atoms with van der Waals surface area (Å²) in [6.45, 7) is 0.442. The Morgan fingerprint density at radius 1 is 1.50 bits per heavy atom. The summed E-state index contributed by atoms with van der Waals surface area (Å²) < 4.78 is 87.1. The predicted molar refractivity (Wildman–Crippen MR) is 55.3 cm³/mol. The molecule has 102 valence electrons. The first kappa shape index (κ1) is 10.6. The molecule has 0 radical (unpaired) electrons. The molecule has 0 fully saturated rings. The minimum absolute atomic E-state index is 0.188. The van der Waals surface area contributed by atoms with Crippen molar-refractivity contribution in [3.8, 4) is 5.75 Å². The van der Waals surface area contributed by atoms with Gasteiger partial charge in [0.1, 0.15) is 5.75 Å². The molecule has 0 amide bonds. The number of methoxy groups -OCH3 is 1. The number of aryl methyl sites for hydroxylation is 1. The van der Waals surface area contributed by atoms with E-state index in [0.29, 0.717) is 5.69 Å². The lowest BCUT2D eigenvalue weighted by atomic mass is 10.2. The standard InChI is InChI=1S/C9H10F3NO4S/c1-6-3-7(8(16-2)4-13-6)5-17-18(14,15)9(10,11)12/h3-4H,5H2,1-2H3/i2D3. The van der Waals surface area contributed by atoms with Gasteiger partial charge in [-0.1, -0.05) is 0 Å². The third kappa shape index (κ3) is 3.33. The van der Waals surface area contributed by atoms with Crippen molar-refractivity contribution in [3.63, 3.8) is 0 Å². The van der Waals surface area contributed by atoms with Crippen molar-refractivity contribution in [2.45, 2.75) is 19.0 Å². The van der Waals surface area contributed by atoms with Crippen LogP contribution in [0.2, 0.25) is 0 Å². The van der Waals surface area contributed by atoms with Gasteiger partial charge in [0.15, 0.2) is 0 Å². The van der Waals surface area contributed by atoms with Crippen molar-refractivity contribution >= 4 is 10.1 Å². The van der Waals surface area contributed by atoms with Crippen LogP contribution in [0.15, 0.2) is 12.3 Å². The summed E-state index contributed by atoms with van der Waals surface area (Å²) in [4.78, 5) is 3.71. The zero-order valence-corrected chi connectivity index (χ0v) is 9.80. The van der Waals surface area contributed by atoms with Crippen molar-refractivity contribution < 1.29 is 34.6 Å². The zero-order chi connectivity index (χ0) is 16.5. The highest BCUT2D eigenvalue weighted by molar-refractivity contribution is 7.87. The molecular formula is C9H10F3NO4S. The fraction of sp³-hybridized carbons (Fsp3) is 0.444. The van der Waals surface area contributed by atoms with Crippen molar-refractivity contribution in [3.05, 3.63) is 23.5 Å². The fourth-order valence-electron chi connectivity index (χ4n) is 1.02. The van der Waals surface area contributed by atoms with Crippen molar-refractivity contribution in [2.75, 3.05) is 7.04 Å². The summed E-state index contributed by atoms with van der Waals surface area (Å²) in [6, 6.07) is 1.16. The van der Waals surface area contributed by atoms with E-state index in [0.717, 1.165) is 12.3 Å². The normalized spacial score (nSPS) is 15.7. The second kappa shape index (κ2) is 5.11. The summed E-state index contributed by atoms with van der Waals surface area (Å²) in [5.74, 6) is -0.391. The Morgan fingerprint density at radius 2 is 2.17 bits per heavy atom. The molecule has 1 aromatic heterocycles. The van der Waals surface area contributed by atoms with Crippen LogP contribution in [-0.4, -0.2) is 25.9 Å². The van der Waals surface area contributed by atoms with Crippen LogP contribution in [0.3, 0.4) is 0 Å². The lowest BCUT2D eigenvalue weighted by Gasteiger charge is -2.11. The lowest BCUT2D eigenvalue weighted by Crippen LogP contribution is -2.25. The van der Waals surface area contributed by atoms with Crippen molar-refractivity contribution in [1.29, 1.82) is 0 Å². The number of hydrogen-bond acceptors (Lipinski definition) is 5. The number of rotatable bonds is 4. The Bertz CT molecular complexity index is 616. The fourth-order valence-corrected chi connectivity index (χ4v) is 1.43. The number of halogens is 3. The molecule has 0 spiro atoms. The van der Waals surface area contributed by atoms with Crippen LogP contribution in [0.1, 0.15) is 15.4 Å². The van der Waals surface area contributed by atoms with Gasteiger partial charge in [0.05, 0.1) is 24.0 Å². The molecule has 0 aromatic carbocycles. The van der Waals surface area contributed by atoms with Crippen LogP contribution in [-0.2, 0) is 20.9 Å². The third-order valence-corrected chi connectivity index (χ3v) is 2.84. The average molecular weight is 288 g/mol. The van der Waals surface area contributed by atoms with Gasteiger partial charge in [-0.3, -0.25) is 9.17 Å². The second-order valence-electron chi connectivity index (χ2n) is 3.20. The Labute approximate surface area is 106 Å². The van der Waals surface area contributed by atoms with Crippen LogP contribution >= 0.6 is 0 Å². The van der Waals surface area contributed by atoms with Crippen LogP contribution in [0, 0.1) is 6.92 Å². The maximum absolute atomic E-state index is 12.1. The number of pyridine rings is 1. The highest BCUT2D eigenvalue weighted by Gasteiger charge is 2.47. The molecule has 0 aliphatic heterocycles. The minimum atomic E-state index is -5.79. The topological polar surface area (TPSA) is 65.5 Å². The molecule has 0 bridgehead atoms. The Morgan fingerprint density at radius 3 is 2.72 bits per heavy atom. The lowest BCUT2D eigenvalue weighted by molar-refractivity contribution is -0.0548. The number of alkyl halides is 3. The van der Waals surface area contributed by atoms with Gasteiger partial charge < -0.3 is 4.74 Å². The largest absolute Gasteiger partial charge is 0.523 e. The molecule has 0 aliphatic rings. The van der Waals surface area contributed by atoms with Gasteiger partial charge in [0, 0.05) is 11.3 Å². The Balaban J connectivity index is 3.00. The molecule has 18 heavy (non-hydrogen) atoms.